The van der Waals surface area contributed by atoms with Gasteiger partial charge in [0.1, 0.15) is 0 Å². The van der Waals surface area contributed by atoms with Crippen LogP contribution in [0.25, 0.3) is 0 Å². The molecule has 0 heterocycles. The average molecular weight is 333 g/mol. The number of hydrogen-bond donors (Lipinski definition) is 2. The number of carboxylic acids is 1. The van der Waals surface area contributed by atoms with Gasteiger partial charge in [-0.3, -0.25) is 4.79 Å². The Morgan fingerprint density at radius 2 is 1.76 bits per heavy atom. The fraction of sp³-hybridized carbons (Fsp3) is 0.917. The minimum Gasteiger partial charge on any atom is -0.481 e. The van der Waals surface area contributed by atoms with Crippen molar-refractivity contribution in [1.82, 2.24) is 4.72 Å². The smallest absolute Gasteiger partial charge is 0.389 e. The SMILES string of the molecule is CC(C)(C)CC(CNS(=O)(=O)CCCC(F)(F)F)C(=O)O. The predicted octanol–water partition coefficient (Wildman–Crippen LogP) is 2.39. The van der Waals surface area contributed by atoms with E-state index >= 15 is 0 Å². The van der Waals surface area contributed by atoms with E-state index in [4.69, 9.17) is 5.11 Å². The molecule has 0 amide bonds. The lowest BCUT2D eigenvalue weighted by Crippen LogP contribution is -2.36. The van der Waals surface area contributed by atoms with E-state index in [-0.39, 0.29) is 18.4 Å². The van der Waals surface area contributed by atoms with Crippen LogP contribution >= 0.6 is 0 Å². The average Bonchev–Trinajstić information content (AvgIpc) is 2.20. The third-order valence-corrected chi connectivity index (χ3v) is 4.06. The summed E-state index contributed by atoms with van der Waals surface area (Å²) in [5.41, 5.74) is -0.301. The molecule has 5 nitrogen and oxygen atoms in total. The molecule has 0 radical (unpaired) electrons. The van der Waals surface area contributed by atoms with Gasteiger partial charge in [-0.05, 0) is 18.3 Å². The first-order valence-electron chi connectivity index (χ1n) is 6.49. The highest BCUT2D eigenvalue weighted by Gasteiger charge is 2.29. The highest BCUT2D eigenvalue weighted by atomic mass is 32.2. The van der Waals surface area contributed by atoms with E-state index in [0.717, 1.165) is 0 Å². The molecule has 0 fully saturated rings. The van der Waals surface area contributed by atoms with Gasteiger partial charge in [0.2, 0.25) is 10.0 Å². The zero-order valence-corrected chi connectivity index (χ0v) is 13.1. The molecule has 0 aliphatic heterocycles. The fourth-order valence-corrected chi connectivity index (χ4v) is 2.87. The molecule has 1 unspecified atom stereocenters. The summed E-state index contributed by atoms with van der Waals surface area (Å²) in [6.45, 7) is 5.14. The Morgan fingerprint density at radius 3 is 2.14 bits per heavy atom. The molecule has 0 aliphatic rings. The Labute approximate surface area is 123 Å². The molecule has 0 aromatic heterocycles. The molecule has 0 rings (SSSR count). The van der Waals surface area contributed by atoms with Crippen molar-refractivity contribution in [1.29, 1.82) is 0 Å². The van der Waals surface area contributed by atoms with Crippen molar-refractivity contribution in [2.75, 3.05) is 12.3 Å². The molecule has 9 heteroatoms. The summed E-state index contributed by atoms with van der Waals surface area (Å²) in [5.74, 6) is -2.72. The van der Waals surface area contributed by atoms with E-state index in [1.807, 2.05) is 20.8 Å². The van der Waals surface area contributed by atoms with Crippen molar-refractivity contribution in [2.45, 2.75) is 46.2 Å². The second kappa shape index (κ2) is 7.44. The number of aliphatic carboxylic acids is 1. The summed E-state index contributed by atoms with van der Waals surface area (Å²) in [4.78, 5) is 11.1. The van der Waals surface area contributed by atoms with Crippen molar-refractivity contribution in [3.8, 4) is 0 Å². The molecular formula is C12H22F3NO4S. The summed E-state index contributed by atoms with van der Waals surface area (Å²) in [6.07, 6.45) is -5.87. The maximum Gasteiger partial charge on any atom is 0.389 e. The highest BCUT2D eigenvalue weighted by Crippen LogP contribution is 2.24. The van der Waals surface area contributed by atoms with E-state index in [1.165, 1.54) is 0 Å². The minimum absolute atomic E-state index is 0.257. The Morgan fingerprint density at radius 1 is 1.24 bits per heavy atom. The first-order chi connectivity index (χ1) is 9.22. The van der Waals surface area contributed by atoms with Gasteiger partial charge in [0.15, 0.2) is 0 Å². The standard InChI is InChI=1S/C12H22F3NO4S/c1-11(2,3)7-9(10(17)18)8-16-21(19,20)6-4-5-12(13,14)15/h9,16H,4-8H2,1-3H3,(H,17,18). The Bertz CT molecular complexity index is 440. The van der Waals surface area contributed by atoms with Crippen LogP contribution in [0.2, 0.25) is 0 Å². The molecule has 1 atom stereocenters. The quantitative estimate of drug-likeness (QED) is 0.714. The number of carbonyl (C=O) groups is 1. The normalized spacial score (nSPS) is 15.0. The monoisotopic (exact) mass is 333 g/mol. The van der Waals surface area contributed by atoms with Gasteiger partial charge in [0.05, 0.1) is 11.7 Å². The third kappa shape index (κ3) is 11.5. The van der Waals surface area contributed by atoms with E-state index in [2.05, 4.69) is 4.72 Å². The molecule has 21 heavy (non-hydrogen) atoms. The van der Waals surface area contributed by atoms with Crippen LogP contribution in [-0.4, -0.2) is 38.0 Å². The van der Waals surface area contributed by atoms with Gasteiger partial charge in [-0.15, -0.1) is 0 Å². The van der Waals surface area contributed by atoms with Crippen molar-refractivity contribution in [3.63, 3.8) is 0 Å². The van der Waals surface area contributed by atoms with Gasteiger partial charge in [-0.2, -0.15) is 13.2 Å². The molecule has 0 aromatic carbocycles. The summed E-state index contributed by atoms with van der Waals surface area (Å²) in [7, 11) is -3.90. The van der Waals surface area contributed by atoms with Crippen LogP contribution in [0, 0.1) is 11.3 Å². The number of carboxylic acid groups (broad SMARTS) is 1. The lowest BCUT2D eigenvalue weighted by atomic mass is 9.85. The summed E-state index contributed by atoms with van der Waals surface area (Å²) in [6, 6.07) is 0. The fourth-order valence-electron chi connectivity index (χ4n) is 1.75. The zero-order chi connectivity index (χ0) is 16.9. The second-order valence-electron chi connectivity index (χ2n) is 6.19. The number of hydrogen-bond acceptors (Lipinski definition) is 3. The van der Waals surface area contributed by atoms with Gasteiger partial charge in [0, 0.05) is 13.0 Å². The largest absolute Gasteiger partial charge is 0.481 e. The van der Waals surface area contributed by atoms with Crippen molar-refractivity contribution in [2.24, 2.45) is 11.3 Å². The summed E-state index contributed by atoms with van der Waals surface area (Å²) < 4.78 is 61.0. The van der Waals surface area contributed by atoms with Crippen LogP contribution in [0.4, 0.5) is 13.2 Å². The molecule has 0 aliphatic carbocycles. The third-order valence-electron chi connectivity index (χ3n) is 2.63. The van der Waals surface area contributed by atoms with Crippen LogP contribution in [0.3, 0.4) is 0 Å². The van der Waals surface area contributed by atoms with Gasteiger partial charge in [-0.1, -0.05) is 20.8 Å². The number of rotatable bonds is 8. The van der Waals surface area contributed by atoms with Crippen LogP contribution in [-0.2, 0) is 14.8 Å². The van der Waals surface area contributed by atoms with Gasteiger partial charge in [0.25, 0.3) is 0 Å². The maximum atomic E-state index is 11.9. The number of halogens is 3. The number of sulfonamides is 1. The van der Waals surface area contributed by atoms with Crippen molar-refractivity contribution < 1.29 is 31.5 Å². The van der Waals surface area contributed by atoms with Crippen molar-refractivity contribution in [3.05, 3.63) is 0 Å². The Hall–Kier alpha value is -0.830. The van der Waals surface area contributed by atoms with Crippen LogP contribution < -0.4 is 4.72 Å². The molecule has 0 bridgehead atoms. The number of nitrogens with one attached hydrogen (secondary N) is 1. The molecule has 126 valence electrons. The highest BCUT2D eigenvalue weighted by molar-refractivity contribution is 7.89. The van der Waals surface area contributed by atoms with Crippen LogP contribution in [0.15, 0.2) is 0 Å². The van der Waals surface area contributed by atoms with Gasteiger partial charge in [-0.25, -0.2) is 13.1 Å². The maximum absolute atomic E-state index is 11.9. The van der Waals surface area contributed by atoms with E-state index in [1.54, 1.807) is 0 Å². The zero-order valence-electron chi connectivity index (χ0n) is 12.3. The van der Waals surface area contributed by atoms with Gasteiger partial charge < -0.3 is 5.11 Å². The number of alkyl halides is 3. The first kappa shape index (κ1) is 20.2. The molecule has 0 saturated heterocycles. The summed E-state index contributed by atoms with van der Waals surface area (Å²) >= 11 is 0. The Kier molecular flexibility index (Phi) is 7.14. The molecule has 2 N–H and O–H groups in total. The summed E-state index contributed by atoms with van der Waals surface area (Å²) in [5, 5.41) is 9.03. The van der Waals surface area contributed by atoms with Gasteiger partial charge >= 0.3 is 12.1 Å². The van der Waals surface area contributed by atoms with E-state index in [9.17, 15) is 26.4 Å². The second-order valence-corrected chi connectivity index (χ2v) is 8.11. The lowest BCUT2D eigenvalue weighted by molar-refractivity contribution is -0.142. The lowest BCUT2D eigenvalue weighted by Gasteiger charge is -2.23. The molecule has 0 saturated carbocycles. The first-order valence-corrected chi connectivity index (χ1v) is 8.14. The molecular weight excluding hydrogens is 311 g/mol. The molecule has 0 aromatic rings. The van der Waals surface area contributed by atoms with Crippen LogP contribution in [0.1, 0.15) is 40.0 Å². The predicted molar refractivity (Wildman–Crippen MR) is 72.3 cm³/mol. The van der Waals surface area contributed by atoms with E-state index in [0.29, 0.717) is 0 Å². The Balaban J connectivity index is 4.41. The minimum atomic E-state index is -4.40. The van der Waals surface area contributed by atoms with Crippen molar-refractivity contribution >= 4 is 16.0 Å². The van der Waals surface area contributed by atoms with Crippen LogP contribution in [0.5, 0.6) is 0 Å². The molecule has 0 spiro atoms. The van der Waals surface area contributed by atoms with E-state index < -0.39 is 46.7 Å². The topological polar surface area (TPSA) is 83.5 Å².